The van der Waals surface area contributed by atoms with Gasteiger partial charge in [-0.3, -0.25) is 9.59 Å². The second kappa shape index (κ2) is 6.99. The number of hydrogen-bond acceptors (Lipinski definition) is 4. The van der Waals surface area contributed by atoms with Crippen LogP contribution in [0.1, 0.15) is 66.2 Å². The van der Waals surface area contributed by atoms with Gasteiger partial charge in [0.25, 0.3) is 0 Å². The van der Waals surface area contributed by atoms with E-state index in [1.807, 2.05) is 25.7 Å². The largest absolute Gasteiger partial charge is 0.444 e. The first-order valence-electron chi connectivity index (χ1n) is 10.1. The van der Waals surface area contributed by atoms with Crippen molar-refractivity contribution < 1.29 is 19.1 Å². The summed E-state index contributed by atoms with van der Waals surface area (Å²) in [5.41, 5.74) is -0.700. The molecule has 0 atom stereocenters. The van der Waals surface area contributed by atoms with Crippen LogP contribution in [-0.2, 0) is 14.3 Å². The van der Waals surface area contributed by atoms with Crippen molar-refractivity contribution in [3.05, 3.63) is 0 Å². The van der Waals surface area contributed by atoms with Crippen LogP contribution in [0.25, 0.3) is 0 Å². The van der Waals surface area contributed by atoms with Crippen LogP contribution in [-0.4, -0.2) is 54.1 Å². The number of carbonyl (C=O) groups excluding carboxylic acids is 3. The molecule has 3 rings (SSSR count). The minimum absolute atomic E-state index is 0.0552. The Morgan fingerprint density at radius 2 is 1.67 bits per heavy atom. The number of hydrogen-bond donors (Lipinski definition) is 2. The van der Waals surface area contributed by atoms with Crippen LogP contribution in [0.4, 0.5) is 4.79 Å². The highest BCUT2D eigenvalue weighted by molar-refractivity contribution is 5.86. The van der Waals surface area contributed by atoms with Gasteiger partial charge in [0.2, 0.25) is 11.8 Å². The lowest BCUT2D eigenvalue weighted by atomic mass is 9.60. The third kappa shape index (κ3) is 4.74. The highest BCUT2D eigenvalue weighted by Crippen LogP contribution is 2.50. The summed E-state index contributed by atoms with van der Waals surface area (Å²) in [4.78, 5) is 37.9. The Morgan fingerprint density at radius 1 is 1.07 bits per heavy atom. The minimum atomic E-state index is -0.540. The fraction of sp³-hybridized carbons (Fsp3) is 0.850. The third-order valence-electron chi connectivity index (χ3n) is 6.27. The number of rotatable bonds is 4. The van der Waals surface area contributed by atoms with Gasteiger partial charge >= 0.3 is 6.09 Å². The standard InChI is InChI=1S/C20H33N3O4/c1-14(24)23-9-7-19(8-10-23)11-15(12-19)22-16(25)20(5-6-20)13-21-17(26)27-18(2,3)4/h15H,5-13H2,1-4H3,(H,21,26)(H,22,25). The summed E-state index contributed by atoms with van der Waals surface area (Å²) in [5.74, 6) is 0.210. The van der Waals surface area contributed by atoms with E-state index in [4.69, 9.17) is 4.74 Å². The maximum Gasteiger partial charge on any atom is 0.407 e. The van der Waals surface area contributed by atoms with Crippen LogP contribution in [0.2, 0.25) is 0 Å². The second-order valence-corrected chi connectivity index (χ2v) is 9.72. The Hall–Kier alpha value is -1.79. The fourth-order valence-corrected chi connectivity index (χ4v) is 4.32. The number of likely N-dealkylation sites (tertiary alicyclic amines) is 1. The molecule has 0 radical (unpaired) electrons. The molecule has 3 aliphatic rings. The Kier molecular flexibility index (Phi) is 5.16. The molecule has 0 unspecified atom stereocenters. The van der Waals surface area contributed by atoms with Crippen LogP contribution in [0.15, 0.2) is 0 Å². The van der Waals surface area contributed by atoms with E-state index in [2.05, 4.69) is 10.6 Å². The van der Waals surface area contributed by atoms with Gasteiger partial charge in [-0.2, -0.15) is 0 Å². The number of ether oxygens (including phenoxy) is 1. The van der Waals surface area contributed by atoms with Crippen LogP contribution in [0.5, 0.6) is 0 Å². The summed E-state index contributed by atoms with van der Waals surface area (Å²) in [7, 11) is 0. The van der Waals surface area contributed by atoms with Gasteiger partial charge in [-0.15, -0.1) is 0 Å². The summed E-state index contributed by atoms with van der Waals surface area (Å²) in [6.07, 6.45) is 5.20. The number of alkyl carbamates (subject to hydrolysis) is 1. The van der Waals surface area contributed by atoms with E-state index >= 15 is 0 Å². The molecule has 2 aliphatic carbocycles. The molecular weight excluding hydrogens is 346 g/mol. The van der Waals surface area contributed by atoms with E-state index in [0.29, 0.717) is 12.0 Å². The third-order valence-corrected chi connectivity index (χ3v) is 6.27. The fourth-order valence-electron chi connectivity index (χ4n) is 4.32. The van der Waals surface area contributed by atoms with Crippen LogP contribution < -0.4 is 10.6 Å². The van der Waals surface area contributed by atoms with E-state index in [0.717, 1.165) is 51.6 Å². The van der Waals surface area contributed by atoms with Gasteiger partial charge in [0, 0.05) is 32.6 Å². The average Bonchev–Trinajstić information content (AvgIpc) is 3.31. The van der Waals surface area contributed by atoms with Gasteiger partial charge in [0.05, 0.1) is 5.41 Å². The predicted octanol–water partition coefficient (Wildman–Crippen LogP) is 2.20. The second-order valence-electron chi connectivity index (χ2n) is 9.72. The SMILES string of the molecule is CC(=O)N1CCC2(CC1)CC(NC(=O)C1(CNC(=O)OC(C)(C)C)CC1)C2. The normalized spacial score (nSPS) is 23.3. The van der Waals surface area contributed by atoms with Crippen molar-refractivity contribution in [3.63, 3.8) is 0 Å². The van der Waals surface area contributed by atoms with Crippen molar-refractivity contribution >= 4 is 17.9 Å². The van der Waals surface area contributed by atoms with E-state index < -0.39 is 17.1 Å². The number of piperidine rings is 1. The van der Waals surface area contributed by atoms with Crippen LogP contribution in [0.3, 0.4) is 0 Å². The topological polar surface area (TPSA) is 87.7 Å². The van der Waals surface area contributed by atoms with Crippen molar-refractivity contribution in [3.8, 4) is 0 Å². The zero-order chi connectivity index (χ0) is 19.9. The smallest absolute Gasteiger partial charge is 0.407 e. The molecule has 3 fully saturated rings. The molecule has 27 heavy (non-hydrogen) atoms. The Balaban J connectivity index is 1.40. The van der Waals surface area contributed by atoms with Crippen LogP contribution >= 0.6 is 0 Å². The quantitative estimate of drug-likeness (QED) is 0.784. The summed E-state index contributed by atoms with van der Waals surface area (Å²) in [5, 5.41) is 5.93. The Bertz CT molecular complexity index is 605. The van der Waals surface area contributed by atoms with E-state index in [9.17, 15) is 14.4 Å². The molecule has 3 amide bonds. The zero-order valence-electron chi connectivity index (χ0n) is 17.0. The maximum atomic E-state index is 12.7. The van der Waals surface area contributed by atoms with Crippen molar-refractivity contribution in [2.75, 3.05) is 19.6 Å². The van der Waals surface area contributed by atoms with Gasteiger partial charge in [0.15, 0.2) is 0 Å². The van der Waals surface area contributed by atoms with Gasteiger partial charge < -0.3 is 20.3 Å². The molecule has 7 nitrogen and oxygen atoms in total. The molecule has 0 aromatic carbocycles. The summed E-state index contributed by atoms with van der Waals surface area (Å²) in [6.45, 7) is 9.08. The Morgan fingerprint density at radius 3 is 2.15 bits per heavy atom. The lowest BCUT2D eigenvalue weighted by molar-refractivity contribution is -0.133. The molecule has 2 N–H and O–H groups in total. The molecule has 1 heterocycles. The highest BCUT2D eigenvalue weighted by atomic mass is 16.6. The summed E-state index contributed by atoms with van der Waals surface area (Å²) >= 11 is 0. The van der Waals surface area contributed by atoms with Crippen molar-refractivity contribution in [2.45, 2.75) is 77.9 Å². The molecule has 1 aliphatic heterocycles. The van der Waals surface area contributed by atoms with Gasteiger partial charge in [-0.05, 0) is 64.7 Å². The molecule has 0 aromatic rings. The van der Waals surface area contributed by atoms with Crippen molar-refractivity contribution in [1.29, 1.82) is 0 Å². The van der Waals surface area contributed by atoms with Crippen molar-refractivity contribution in [2.24, 2.45) is 10.8 Å². The number of carbonyl (C=O) groups is 3. The van der Waals surface area contributed by atoms with Gasteiger partial charge in [-0.1, -0.05) is 0 Å². The lowest BCUT2D eigenvalue weighted by Crippen LogP contribution is -2.56. The first-order valence-corrected chi connectivity index (χ1v) is 10.1. The monoisotopic (exact) mass is 379 g/mol. The van der Waals surface area contributed by atoms with Crippen molar-refractivity contribution in [1.82, 2.24) is 15.5 Å². The molecule has 152 valence electrons. The van der Waals surface area contributed by atoms with Gasteiger partial charge in [-0.25, -0.2) is 4.79 Å². The minimum Gasteiger partial charge on any atom is -0.444 e. The van der Waals surface area contributed by atoms with Gasteiger partial charge in [0.1, 0.15) is 5.60 Å². The molecule has 1 spiro atoms. The average molecular weight is 380 g/mol. The molecule has 2 saturated carbocycles. The maximum absolute atomic E-state index is 12.7. The first kappa shape index (κ1) is 20.0. The number of nitrogens with zero attached hydrogens (tertiary/aromatic N) is 1. The Labute approximate surface area is 161 Å². The first-order chi connectivity index (χ1) is 12.5. The van der Waals surface area contributed by atoms with Crippen LogP contribution in [0, 0.1) is 10.8 Å². The highest BCUT2D eigenvalue weighted by Gasteiger charge is 2.53. The molecule has 7 heteroatoms. The predicted molar refractivity (Wildman–Crippen MR) is 101 cm³/mol. The molecule has 0 aromatic heterocycles. The zero-order valence-corrected chi connectivity index (χ0v) is 17.0. The number of amides is 3. The van der Waals surface area contributed by atoms with E-state index in [-0.39, 0.29) is 17.9 Å². The summed E-state index contributed by atoms with van der Waals surface area (Å²) < 4.78 is 5.24. The summed E-state index contributed by atoms with van der Waals surface area (Å²) in [6, 6.07) is 0.223. The molecular formula is C20H33N3O4. The number of nitrogens with one attached hydrogen (secondary N) is 2. The van der Waals surface area contributed by atoms with E-state index in [1.165, 1.54) is 0 Å². The lowest BCUT2D eigenvalue weighted by Gasteiger charge is -2.52. The van der Waals surface area contributed by atoms with E-state index in [1.54, 1.807) is 6.92 Å². The molecule has 0 bridgehead atoms. The molecule has 1 saturated heterocycles.